The van der Waals surface area contributed by atoms with Crippen molar-refractivity contribution in [2.24, 2.45) is 0 Å². The fourth-order valence-corrected chi connectivity index (χ4v) is 4.73. The van der Waals surface area contributed by atoms with Gasteiger partial charge >= 0.3 is 0 Å². The number of aromatic nitrogens is 5. The molecule has 0 radical (unpaired) electrons. The van der Waals surface area contributed by atoms with Crippen molar-refractivity contribution in [3.8, 4) is 22.9 Å². The number of rotatable bonds is 7. The van der Waals surface area contributed by atoms with Gasteiger partial charge in [-0.05, 0) is 68.5 Å². The Bertz CT molecular complexity index is 1470. The lowest BCUT2D eigenvalue weighted by Gasteiger charge is -2.29. The van der Waals surface area contributed by atoms with Crippen LogP contribution in [0.5, 0.6) is 11.6 Å². The summed E-state index contributed by atoms with van der Waals surface area (Å²) < 4.78 is 7.58. The van der Waals surface area contributed by atoms with E-state index in [4.69, 9.17) is 15.6 Å². The van der Waals surface area contributed by atoms with Crippen molar-refractivity contribution >= 4 is 22.6 Å². The molecule has 1 saturated carbocycles. The Morgan fingerprint density at radius 1 is 1.19 bits per heavy atom. The van der Waals surface area contributed by atoms with Crippen LogP contribution in [0, 0.1) is 0 Å². The van der Waals surface area contributed by atoms with Crippen molar-refractivity contribution in [2.45, 2.75) is 51.1 Å². The molecule has 4 aromatic rings. The average molecular weight is 500 g/mol. The summed E-state index contributed by atoms with van der Waals surface area (Å²) in [6, 6.07) is 13.0. The molecule has 3 heterocycles. The van der Waals surface area contributed by atoms with E-state index in [1.807, 2.05) is 49.4 Å². The molecule has 190 valence electrons. The van der Waals surface area contributed by atoms with Crippen LogP contribution in [0.25, 0.3) is 22.2 Å². The largest absolute Gasteiger partial charge is 0.439 e. The number of ether oxygens (including phenoxy) is 1. The number of aromatic amines is 1. The zero-order valence-corrected chi connectivity index (χ0v) is 20.6. The van der Waals surface area contributed by atoms with E-state index in [-0.39, 0.29) is 29.4 Å². The Balaban J connectivity index is 1.41. The number of hydrogen-bond donors (Lipinski definition) is 3. The van der Waals surface area contributed by atoms with Crippen LogP contribution in [0.4, 0.5) is 5.82 Å². The SMILES string of the molecule is CC/C=C/C(=O)NC1CCC(n2nc(-c3ccc(Oc4ccccn4)cc3)c3c(N)n[nH]c(=O)c32)CC1. The van der Waals surface area contributed by atoms with Gasteiger partial charge in [0.05, 0.1) is 11.4 Å². The zero-order chi connectivity index (χ0) is 25.8. The van der Waals surface area contributed by atoms with Crippen LogP contribution in [0.3, 0.4) is 0 Å². The van der Waals surface area contributed by atoms with Crippen molar-refractivity contribution in [2.75, 3.05) is 5.73 Å². The number of benzene rings is 1. The van der Waals surface area contributed by atoms with Gasteiger partial charge in [-0.2, -0.15) is 10.2 Å². The predicted molar refractivity (Wildman–Crippen MR) is 141 cm³/mol. The monoisotopic (exact) mass is 499 g/mol. The first-order valence-electron chi connectivity index (χ1n) is 12.5. The Morgan fingerprint density at radius 3 is 2.68 bits per heavy atom. The molecular weight excluding hydrogens is 470 g/mol. The summed E-state index contributed by atoms with van der Waals surface area (Å²) in [5, 5.41) is 15.0. The number of fused-ring (bicyclic) bond motifs is 1. The lowest BCUT2D eigenvalue weighted by molar-refractivity contribution is -0.117. The van der Waals surface area contributed by atoms with Gasteiger partial charge in [-0.3, -0.25) is 14.3 Å². The second kappa shape index (κ2) is 10.7. The smallest absolute Gasteiger partial charge is 0.290 e. The number of nitrogens with zero attached hydrogens (tertiary/aromatic N) is 4. The Morgan fingerprint density at radius 2 is 1.97 bits per heavy atom. The molecule has 5 rings (SSSR count). The van der Waals surface area contributed by atoms with E-state index in [1.165, 1.54) is 0 Å². The lowest BCUT2D eigenvalue weighted by Crippen LogP contribution is -2.37. The summed E-state index contributed by atoms with van der Waals surface area (Å²) in [6.07, 6.45) is 9.06. The van der Waals surface area contributed by atoms with Crippen LogP contribution in [0.1, 0.15) is 45.1 Å². The molecule has 10 nitrogen and oxygen atoms in total. The maximum absolute atomic E-state index is 12.9. The number of allylic oxidation sites excluding steroid dienone is 1. The van der Waals surface area contributed by atoms with E-state index in [2.05, 4.69) is 20.5 Å². The first-order valence-corrected chi connectivity index (χ1v) is 12.5. The van der Waals surface area contributed by atoms with Crippen molar-refractivity contribution in [1.29, 1.82) is 0 Å². The minimum atomic E-state index is -0.335. The third-order valence-electron chi connectivity index (χ3n) is 6.54. The van der Waals surface area contributed by atoms with E-state index >= 15 is 0 Å². The second-order valence-corrected chi connectivity index (χ2v) is 9.07. The highest BCUT2D eigenvalue weighted by Crippen LogP contribution is 2.36. The van der Waals surface area contributed by atoms with Gasteiger partial charge in [0, 0.05) is 23.9 Å². The zero-order valence-electron chi connectivity index (χ0n) is 20.6. The molecule has 0 aliphatic heterocycles. The molecule has 0 bridgehead atoms. The summed E-state index contributed by atoms with van der Waals surface area (Å²) in [7, 11) is 0. The highest BCUT2D eigenvalue weighted by Gasteiger charge is 2.28. The standard InChI is InChI=1S/C27H29N7O3/c1-2-3-6-21(35)30-18-10-12-19(13-11-18)34-25-23(26(28)31-32-27(25)36)24(33-34)17-8-14-20(15-9-17)37-22-7-4-5-16-29-22/h3-9,14-16,18-19H,2,10-13H2,1H3,(H2,28,31)(H,30,35)(H,32,36)/b6-3+. The molecule has 0 atom stereocenters. The van der Waals surface area contributed by atoms with E-state index in [0.717, 1.165) is 37.7 Å². The molecular formula is C27H29N7O3. The molecule has 37 heavy (non-hydrogen) atoms. The molecule has 3 aromatic heterocycles. The molecule has 10 heteroatoms. The van der Waals surface area contributed by atoms with Gasteiger partial charge in [0.1, 0.15) is 17.0 Å². The third-order valence-corrected chi connectivity index (χ3v) is 6.54. The van der Waals surface area contributed by atoms with E-state index < -0.39 is 0 Å². The topological polar surface area (TPSA) is 141 Å². The molecule has 0 spiro atoms. The molecule has 1 aliphatic rings. The number of nitrogens with two attached hydrogens (primary N) is 1. The van der Waals surface area contributed by atoms with Crippen molar-refractivity contribution < 1.29 is 9.53 Å². The number of nitrogen functional groups attached to an aromatic ring is 1. The van der Waals surface area contributed by atoms with Gasteiger partial charge in [0.15, 0.2) is 5.82 Å². The average Bonchev–Trinajstić information content (AvgIpc) is 3.33. The first kappa shape index (κ1) is 24.2. The van der Waals surface area contributed by atoms with Gasteiger partial charge in [0.2, 0.25) is 11.8 Å². The Hall–Kier alpha value is -4.47. The Labute approximate surface area is 213 Å². The van der Waals surface area contributed by atoms with Crippen molar-refractivity contribution in [3.63, 3.8) is 0 Å². The summed E-state index contributed by atoms with van der Waals surface area (Å²) in [4.78, 5) is 29.1. The third kappa shape index (κ3) is 5.23. The van der Waals surface area contributed by atoms with Crippen LogP contribution < -0.4 is 21.3 Å². The summed E-state index contributed by atoms with van der Waals surface area (Å²) in [6.45, 7) is 1.99. The number of amides is 1. The van der Waals surface area contributed by atoms with E-state index in [1.54, 1.807) is 23.0 Å². The normalized spacial score (nSPS) is 17.8. The molecule has 1 amide bonds. The molecule has 0 saturated heterocycles. The van der Waals surface area contributed by atoms with E-state index in [9.17, 15) is 9.59 Å². The van der Waals surface area contributed by atoms with Crippen LogP contribution >= 0.6 is 0 Å². The number of H-pyrrole nitrogens is 1. The van der Waals surface area contributed by atoms with Gasteiger partial charge in [-0.25, -0.2) is 10.1 Å². The fraction of sp³-hybridized carbons (Fsp3) is 0.296. The summed E-state index contributed by atoms with van der Waals surface area (Å²) in [5.41, 5.74) is 7.69. The van der Waals surface area contributed by atoms with Gasteiger partial charge in [-0.1, -0.05) is 19.1 Å². The maximum Gasteiger partial charge on any atom is 0.290 e. The molecule has 0 unspecified atom stereocenters. The number of anilines is 1. The fourth-order valence-electron chi connectivity index (χ4n) is 4.73. The van der Waals surface area contributed by atoms with Gasteiger partial charge in [-0.15, -0.1) is 0 Å². The lowest BCUT2D eigenvalue weighted by atomic mass is 9.91. The highest BCUT2D eigenvalue weighted by atomic mass is 16.5. The van der Waals surface area contributed by atoms with Crippen LogP contribution in [-0.2, 0) is 4.79 Å². The number of carbonyl (C=O) groups is 1. The molecule has 1 aliphatic carbocycles. The Kier molecular flexibility index (Phi) is 6.98. The maximum atomic E-state index is 12.9. The molecule has 1 aromatic carbocycles. The molecule has 1 fully saturated rings. The summed E-state index contributed by atoms with van der Waals surface area (Å²) in [5.74, 6) is 1.28. The quantitative estimate of drug-likeness (QED) is 0.325. The first-order chi connectivity index (χ1) is 18.0. The van der Waals surface area contributed by atoms with Crippen molar-refractivity contribution in [1.82, 2.24) is 30.3 Å². The second-order valence-electron chi connectivity index (χ2n) is 9.07. The minimum absolute atomic E-state index is 0.00486. The minimum Gasteiger partial charge on any atom is -0.439 e. The molecule has 4 N–H and O–H groups in total. The predicted octanol–water partition coefficient (Wildman–Crippen LogP) is 4.12. The van der Waals surface area contributed by atoms with Gasteiger partial charge < -0.3 is 15.8 Å². The van der Waals surface area contributed by atoms with Gasteiger partial charge in [0.25, 0.3) is 5.56 Å². The van der Waals surface area contributed by atoms with E-state index in [0.29, 0.717) is 28.2 Å². The van der Waals surface area contributed by atoms with Crippen LogP contribution in [0.15, 0.2) is 65.6 Å². The van der Waals surface area contributed by atoms with Crippen LogP contribution in [-0.4, -0.2) is 36.9 Å². The summed E-state index contributed by atoms with van der Waals surface area (Å²) >= 11 is 0. The van der Waals surface area contributed by atoms with Crippen molar-refractivity contribution in [3.05, 3.63) is 71.2 Å². The van der Waals surface area contributed by atoms with Crippen LogP contribution in [0.2, 0.25) is 0 Å². The number of pyridine rings is 1. The highest BCUT2D eigenvalue weighted by molar-refractivity contribution is 5.99. The number of hydrogen-bond acceptors (Lipinski definition) is 7. The number of nitrogens with one attached hydrogen (secondary N) is 2. The number of carbonyl (C=O) groups excluding carboxylic acids is 1.